The van der Waals surface area contributed by atoms with Gasteiger partial charge in [-0.3, -0.25) is 0 Å². The van der Waals surface area contributed by atoms with Crippen molar-refractivity contribution in [1.82, 2.24) is 14.5 Å². The first-order valence-electron chi connectivity index (χ1n) is 8.68. The molecule has 0 radical (unpaired) electrons. The van der Waals surface area contributed by atoms with Crippen LogP contribution in [0.3, 0.4) is 0 Å². The fourth-order valence-electron chi connectivity index (χ4n) is 3.46. The number of aryl methyl sites for hydroxylation is 1. The Morgan fingerprint density at radius 3 is 2.92 bits per heavy atom. The Morgan fingerprint density at radius 1 is 1.27 bits per heavy atom. The lowest BCUT2D eigenvalue weighted by molar-refractivity contribution is 0.317. The zero-order valence-electron chi connectivity index (χ0n) is 14.8. The maximum atomic E-state index is 10.1. The molecule has 0 aliphatic rings. The van der Waals surface area contributed by atoms with Gasteiger partial charge in [-0.1, -0.05) is 24.3 Å². The van der Waals surface area contributed by atoms with E-state index in [9.17, 15) is 5.11 Å². The Hall–Kier alpha value is -3.21. The molecule has 5 heteroatoms. The minimum absolute atomic E-state index is 0.0761. The van der Waals surface area contributed by atoms with Crippen molar-refractivity contribution in [2.75, 3.05) is 6.61 Å². The molecule has 2 aromatic carbocycles. The van der Waals surface area contributed by atoms with E-state index in [2.05, 4.69) is 45.9 Å². The normalized spacial score (nSPS) is 12.4. The van der Waals surface area contributed by atoms with Crippen LogP contribution in [0.5, 0.6) is 11.5 Å². The van der Waals surface area contributed by atoms with Crippen LogP contribution in [0.15, 0.2) is 61.3 Å². The van der Waals surface area contributed by atoms with Crippen LogP contribution in [0.4, 0.5) is 0 Å². The summed E-state index contributed by atoms with van der Waals surface area (Å²) >= 11 is 0. The van der Waals surface area contributed by atoms with Crippen molar-refractivity contribution in [3.63, 3.8) is 0 Å². The summed E-state index contributed by atoms with van der Waals surface area (Å²) in [6.07, 6.45) is 7.59. The summed E-state index contributed by atoms with van der Waals surface area (Å²) in [5.74, 6) is 0.640. The van der Waals surface area contributed by atoms with Gasteiger partial charge < -0.3 is 19.4 Å². The number of H-pyrrole nitrogens is 1. The molecule has 1 atom stereocenters. The molecule has 26 heavy (non-hydrogen) atoms. The lowest BCUT2D eigenvalue weighted by Crippen LogP contribution is -2.10. The summed E-state index contributed by atoms with van der Waals surface area (Å²) in [7, 11) is 0. The summed E-state index contributed by atoms with van der Waals surface area (Å²) in [5, 5.41) is 11.2. The number of hydrogen-bond donors (Lipinski definition) is 2. The number of nitrogens with zero attached hydrogens (tertiary/aromatic N) is 2. The standard InChI is InChI=1S/C21H21N3O2/c1-3-26-19-11-15(7-8-18(19)25)21(24-10-9-22-13-24)17-12-23-20-14(2)5-4-6-16(17)20/h4-13,21,23,25H,3H2,1-2H3. The number of rotatable bonds is 5. The van der Waals surface area contributed by atoms with E-state index in [0.717, 1.165) is 16.6 Å². The molecule has 5 nitrogen and oxygen atoms in total. The van der Waals surface area contributed by atoms with E-state index in [0.29, 0.717) is 12.4 Å². The molecule has 0 fully saturated rings. The average molecular weight is 347 g/mol. The maximum absolute atomic E-state index is 10.1. The number of aromatic hydroxyl groups is 1. The lowest BCUT2D eigenvalue weighted by atomic mass is 9.97. The van der Waals surface area contributed by atoms with Crippen LogP contribution in [0, 0.1) is 6.92 Å². The van der Waals surface area contributed by atoms with Gasteiger partial charge in [0.2, 0.25) is 0 Å². The summed E-state index contributed by atoms with van der Waals surface area (Å²) in [4.78, 5) is 7.63. The van der Waals surface area contributed by atoms with Crippen LogP contribution < -0.4 is 4.74 Å². The zero-order chi connectivity index (χ0) is 18.1. The first kappa shape index (κ1) is 16.3. The molecule has 132 valence electrons. The van der Waals surface area contributed by atoms with E-state index in [1.807, 2.05) is 31.6 Å². The van der Waals surface area contributed by atoms with Gasteiger partial charge in [0.15, 0.2) is 11.5 Å². The smallest absolute Gasteiger partial charge is 0.161 e. The van der Waals surface area contributed by atoms with Gasteiger partial charge in [-0.15, -0.1) is 0 Å². The van der Waals surface area contributed by atoms with Gasteiger partial charge in [0, 0.05) is 35.1 Å². The summed E-state index contributed by atoms with van der Waals surface area (Å²) in [6.45, 7) is 4.50. The molecular formula is C21H21N3O2. The number of aromatic amines is 1. The lowest BCUT2D eigenvalue weighted by Gasteiger charge is -2.20. The Balaban J connectivity index is 1.91. The van der Waals surface area contributed by atoms with Gasteiger partial charge in [-0.2, -0.15) is 0 Å². The van der Waals surface area contributed by atoms with E-state index in [1.54, 1.807) is 12.3 Å². The summed E-state index contributed by atoms with van der Waals surface area (Å²) < 4.78 is 7.65. The molecule has 0 saturated heterocycles. The largest absolute Gasteiger partial charge is 0.504 e. The van der Waals surface area contributed by atoms with Crippen molar-refractivity contribution < 1.29 is 9.84 Å². The second kappa shape index (κ2) is 6.59. The van der Waals surface area contributed by atoms with Crippen molar-refractivity contribution in [3.05, 3.63) is 78.0 Å². The van der Waals surface area contributed by atoms with Crippen LogP contribution >= 0.6 is 0 Å². The molecule has 0 spiro atoms. The molecular weight excluding hydrogens is 326 g/mol. The number of phenols is 1. The van der Waals surface area contributed by atoms with Crippen LogP contribution in [-0.2, 0) is 0 Å². The maximum Gasteiger partial charge on any atom is 0.161 e. The van der Waals surface area contributed by atoms with Gasteiger partial charge in [0.05, 0.1) is 19.0 Å². The van der Waals surface area contributed by atoms with Crippen LogP contribution in [0.25, 0.3) is 10.9 Å². The number of hydrogen-bond acceptors (Lipinski definition) is 3. The van der Waals surface area contributed by atoms with Crippen molar-refractivity contribution in [2.45, 2.75) is 19.9 Å². The van der Waals surface area contributed by atoms with E-state index in [-0.39, 0.29) is 11.8 Å². The van der Waals surface area contributed by atoms with Gasteiger partial charge >= 0.3 is 0 Å². The predicted molar refractivity (Wildman–Crippen MR) is 102 cm³/mol. The summed E-state index contributed by atoms with van der Waals surface area (Å²) in [5.41, 5.74) is 4.51. The minimum Gasteiger partial charge on any atom is -0.504 e. The topological polar surface area (TPSA) is 63.1 Å². The minimum atomic E-state index is -0.0761. The highest BCUT2D eigenvalue weighted by Crippen LogP contribution is 2.36. The second-order valence-corrected chi connectivity index (χ2v) is 6.31. The molecule has 2 aromatic heterocycles. The third-order valence-electron chi connectivity index (χ3n) is 4.67. The third-order valence-corrected chi connectivity index (χ3v) is 4.67. The first-order chi connectivity index (χ1) is 12.7. The van der Waals surface area contributed by atoms with Crippen molar-refractivity contribution in [1.29, 1.82) is 0 Å². The third kappa shape index (κ3) is 2.71. The number of imidazole rings is 1. The van der Waals surface area contributed by atoms with E-state index in [4.69, 9.17) is 4.74 Å². The van der Waals surface area contributed by atoms with Crippen LogP contribution in [0.1, 0.15) is 29.7 Å². The number of para-hydroxylation sites is 1. The Bertz CT molecular complexity index is 1030. The highest BCUT2D eigenvalue weighted by Gasteiger charge is 2.21. The zero-order valence-corrected chi connectivity index (χ0v) is 14.8. The Labute approximate surface area is 151 Å². The molecule has 0 amide bonds. The fourth-order valence-corrected chi connectivity index (χ4v) is 3.46. The second-order valence-electron chi connectivity index (χ2n) is 6.31. The summed E-state index contributed by atoms with van der Waals surface area (Å²) in [6, 6.07) is 11.7. The SMILES string of the molecule is CCOc1cc(C(c2c[nH]c3c(C)cccc23)n2ccnc2)ccc1O. The number of nitrogens with one attached hydrogen (secondary N) is 1. The van der Waals surface area contributed by atoms with Gasteiger partial charge in [-0.25, -0.2) is 4.98 Å². The van der Waals surface area contributed by atoms with E-state index >= 15 is 0 Å². The molecule has 0 aliphatic heterocycles. The molecule has 0 aliphatic carbocycles. The molecule has 0 bridgehead atoms. The molecule has 1 unspecified atom stereocenters. The highest BCUT2D eigenvalue weighted by atomic mass is 16.5. The van der Waals surface area contributed by atoms with Gasteiger partial charge in [-0.05, 0) is 37.1 Å². The Morgan fingerprint density at radius 2 is 2.15 bits per heavy atom. The van der Waals surface area contributed by atoms with Crippen molar-refractivity contribution >= 4 is 10.9 Å². The van der Waals surface area contributed by atoms with Crippen molar-refractivity contribution in [2.24, 2.45) is 0 Å². The van der Waals surface area contributed by atoms with Gasteiger partial charge in [0.1, 0.15) is 0 Å². The number of benzene rings is 2. The monoisotopic (exact) mass is 347 g/mol. The van der Waals surface area contributed by atoms with Crippen molar-refractivity contribution in [3.8, 4) is 11.5 Å². The number of phenolic OH excluding ortho intramolecular Hbond substituents is 1. The number of fused-ring (bicyclic) bond motifs is 1. The average Bonchev–Trinajstić information content (AvgIpc) is 3.30. The first-order valence-corrected chi connectivity index (χ1v) is 8.68. The van der Waals surface area contributed by atoms with Gasteiger partial charge in [0.25, 0.3) is 0 Å². The molecule has 2 N–H and O–H groups in total. The Kier molecular flexibility index (Phi) is 4.13. The molecule has 0 saturated carbocycles. The van der Waals surface area contributed by atoms with E-state index in [1.165, 1.54) is 10.9 Å². The van der Waals surface area contributed by atoms with Crippen LogP contribution in [0.2, 0.25) is 0 Å². The molecule has 4 rings (SSSR count). The molecule has 2 heterocycles. The highest BCUT2D eigenvalue weighted by molar-refractivity contribution is 5.86. The number of ether oxygens (including phenoxy) is 1. The van der Waals surface area contributed by atoms with E-state index < -0.39 is 0 Å². The fraction of sp³-hybridized carbons (Fsp3) is 0.190. The molecule has 4 aromatic rings. The predicted octanol–water partition coefficient (Wildman–Crippen LogP) is 4.41. The quantitative estimate of drug-likeness (QED) is 0.562. The number of aromatic nitrogens is 3. The van der Waals surface area contributed by atoms with Crippen LogP contribution in [-0.4, -0.2) is 26.2 Å².